The van der Waals surface area contributed by atoms with E-state index in [1.807, 2.05) is 12.1 Å². The topological polar surface area (TPSA) is 46.7 Å². The van der Waals surface area contributed by atoms with Crippen LogP contribution in [0.1, 0.15) is 30.4 Å². The van der Waals surface area contributed by atoms with E-state index in [1.165, 1.54) is 36.1 Å². The summed E-state index contributed by atoms with van der Waals surface area (Å²) >= 11 is 6.47. The Balaban J connectivity index is 0.00000353. The van der Waals surface area contributed by atoms with Gasteiger partial charge in [-0.15, -0.1) is 25.6 Å². The molecule has 10 heteroatoms. The van der Waals surface area contributed by atoms with Gasteiger partial charge in [-0.3, -0.25) is 9.80 Å². The number of nitrogens with two attached hydrogens (primary N) is 1. The van der Waals surface area contributed by atoms with Gasteiger partial charge < -0.3 is 15.0 Å². The van der Waals surface area contributed by atoms with E-state index in [1.54, 1.807) is 12.1 Å². The third kappa shape index (κ3) is 6.74. The lowest BCUT2D eigenvalue weighted by molar-refractivity contribution is -0.274. The van der Waals surface area contributed by atoms with Crippen molar-refractivity contribution >= 4 is 34.9 Å². The second-order valence-electron chi connectivity index (χ2n) is 11.1. The van der Waals surface area contributed by atoms with Crippen molar-refractivity contribution in [1.82, 2.24) is 14.4 Å². The van der Waals surface area contributed by atoms with E-state index in [-0.39, 0.29) is 18.2 Å². The molecule has 2 atom stereocenters. The van der Waals surface area contributed by atoms with Gasteiger partial charge in [0.25, 0.3) is 0 Å². The quantitative estimate of drug-likeness (QED) is 0.211. The van der Waals surface area contributed by atoms with Crippen molar-refractivity contribution in [2.75, 3.05) is 19.6 Å². The van der Waals surface area contributed by atoms with Crippen molar-refractivity contribution < 1.29 is 17.9 Å². The highest BCUT2D eigenvalue weighted by Gasteiger charge is 2.39. The van der Waals surface area contributed by atoms with E-state index in [2.05, 4.69) is 55.6 Å². The summed E-state index contributed by atoms with van der Waals surface area (Å²) < 4.78 is 44.3. The van der Waals surface area contributed by atoms with Gasteiger partial charge in [0.05, 0.1) is 0 Å². The standard InChI is InChI=1S/C32H34ClF3N4O.ClH/c33-30-5-2-1-4-24(30)18-40-25-9-10-26(40)20-38(19-25)17-22-6-13-31-28(16-22)29(21-39(31)15-3-14-37)23-7-11-27(12-8-23)41-32(34,35)36;/h1-2,4-8,11-13,16,21,25-26H,3,9-10,14-15,17-20,37H2;1H. The first kappa shape index (κ1) is 30.7. The van der Waals surface area contributed by atoms with Crippen molar-refractivity contribution in [3.8, 4) is 16.9 Å². The second-order valence-corrected chi connectivity index (χ2v) is 11.6. The van der Waals surface area contributed by atoms with Crippen molar-refractivity contribution in [1.29, 1.82) is 0 Å². The molecule has 2 N–H and O–H groups in total. The molecule has 1 aromatic heterocycles. The second kappa shape index (κ2) is 12.9. The summed E-state index contributed by atoms with van der Waals surface area (Å²) in [7, 11) is 0. The Labute approximate surface area is 255 Å². The van der Waals surface area contributed by atoms with Crippen LogP contribution in [-0.2, 0) is 19.6 Å². The summed E-state index contributed by atoms with van der Waals surface area (Å²) in [6.45, 7) is 5.14. The number of hydrogen-bond acceptors (Lipinski definition) is 4. The van der Waals surface area contributed by atoms with E-state index in [0.29, 0.717) is 18.6 Å². The summed E-state index contributed by atoms with van der Waals surface area (Å²) in [6, 6.07) is 21.9. The maximum absolute atomic E-state index is 12.7. The zero-order valence-corrected chi connectivity index (χ0v) is 24.8. The molecular weight excluding hydrogens is 584 g/mol. The minimum absolute atomic E-state index is 0. The molecule has 3 aromatic carbocycles. The molecule has 0 aliphatic carbocycles. The fraction of sp³-hybridized carbons (Fsp3) is 0.375. The van der Waals surface area contributed by atoms with E-state index in [4.69, 9.17) is 17.3 Å². The number of alkyl halides is 3. The fourth-order valence-electron chi connectivity index (χ4n) is 6.50. The minimum atomic E-state index is -4.71. The Morgan fingerprint density at radius 3 is 2.31 bits per heavy atom. The van der Waals surface area contributed by atoms with Crippen LogP contribution < -0.4 is 10.5 Å². The maximum Gasteiger partial charge on any atom is 0.573 e. The molecular formula is C32H35Cl2F3N4O. The predicted molar refractivity (Wildman–Crippen MR) is 164 cm³/mol. The largest absolute Gasteiger partial charge is 0.573 e. The lowest BCUT2D eigenvalue weighted by atomic mass is 10.0. The Kier molecular flexibility index (Phi) is 9.40. The van der Waals surface area contributed by atoms with E-state index >= 15 is 0 Å². The van der Waals surface area contributed by atoms with E-state index in [9.17, 15) is 13.2 Å². The number of rotatable bonds is 9. The van der Waals surface area contributed by atoms with E-state index in [0.717, 1.165) is 66.2 Å². The third-order valence-corrected chi connectivity index (χ3v) is 8.74. The molecule has 6 rings (SSSR count). The number of benzene rings is 3. The normalized spacial score (nSPS) is 19.3. The molecule has 42 heavy (non-hydrogen) atoms. The van der Waals surface area contributed by atoms with Crippen LogP contribution in [0, 0.1) is 0 Å². The number of likely N-dealkylation sites (tertiary alicyclic amines) is 1. The highest BCUT2D eigenvalue weighted by atomic mass is 35.5. The highest BCUT2D eigenvalue weighted by molar-refractivity contribution is 6.31. The molecule has 0 amide bonds. The number of hydrogen-bond donors (Lipinski definition) is 1. The number of piperazine rings is 1. The van der Waals surface area contributed by atoms with Crippen LogP contribution in [0.3, 0.4) is 0 Å². The smallest absolute Gasteiger partial charge is 0.406 e. The lowest BCUT2D eigenvalue weighted by Gasteiger charge is -2.41. The molecule has 2 aliphatic rings. The molecule has 2 unspecified atom stereocenters. The first-order valence-electron chi connectivity index (χ1n) is 14.2. The van der Waals surface area contributed by atoms with Gasteiger partial charge in [-0.05, 0) is 72.8 Å². The Hall–Kier alpha value is -2.75. The van der Waals surface area contributed by atoms with Gasteiger partial charge in [-0.2, -0.15) is 0 Å². The van der Waals surface area contributed by atoms with Crippen molar-refractivity contribution in [3.05, 3.63) is 89.1 Å². The summed E-state index contributed by atoms with van der Waals surface area (Å²) in [6.07, 6.45) is 0.607. The SMILES string of the molecule is Cl.NCCCn1cc(-c2ccc(OC(F)(F)F)cc2)c2cc(CN3CC4CCC(C3)N4Cc3ccccc3Cl)ccc21. The number of aryl methyl sites for hydroxylation is 1. The van der Waals surface area contributed by atoms with Gasteiger partial charge in [0.15, 0.2) is 0 Å². The zero-order chi connectivity index (χ0) is 28.6. The first-order valence-corrected chi connectivity index (χ1v) is 14.5. The molecule has 4 aromatic rings. The number of halogens is 5. The van der Waals surface area contributed by atoms with Gasteiger partial charge in [0, 0.05) is 72.5 Å². The van der Waals surface area contributed by atoms with Crippen molar-refractivity contribution in [2.24, 2.45) is 5.73 Å². The minimum Gasteiger partial charge on any atom is -0.406 e. The molecule has 2 fully saturated rings. The maximum atomic E-state index is 12.7. The molecule has 0 saturated carbocycles. The molecule has 5 nitrogen and oxygen atoms in total. The lowest BCUT2D eigenvalue weighted by Crippen LogP contribution is -2.52. The summed E-state index contributed by atoms with van der Waals surface area (Å²) in [5.41, 5.74) is 11.1. The zero-order valence-electron chi connectivity index (χ0n) is 23.2. The van der Waals surface area contributed by atoms with Crippen LogP contribution in [0.25, 0.3) is 22.0 Å². The van der Waals surface area contributed by atoms with E-state index < -0.39 is 6.36 Å². The van der Waals surface area contributed by atoms with Crippen molar-refractivity contribution in [3.63, 3.8) is 0 Å². The Morgan fingerprint density at radius 1 is 0.929 bits per heavy atom. The van der Waals surface area contributed by atoms with Gasteiger partial charge in [-0.1, -0.05) is 48.0 Å². The van der Waals surface area contributed by atoms with Crippen molar-refractivity contribution in [2.45, 2.75) is 57.3 Å². The van der Waals surface area contributed by atoms with Gasteiger partial charge in [-0.25, -0.2) is 0 Å². The van der Waals surface area contributed by atoms with Gasteiger partial charge in [0.2, 0.25) is 0 Å². The fourth-order valence-corrected chi connectivity index (χ4v) is 6.70. The number of nitrogens with zero attached hydrogens (tertiary/aromatic N) is 3. The molecule has 2 saturated heterocycles. The van der Waals surface area contributed by atoms with Gasteiger partial charge >= 0.3 is 6.36 Å². The summed E-state index contributed by atoms with van der Waals surface area (Å²) in [5, 5.41) is 1.92. The van der Waals surface area contributed by atoms with Crippen LogP contribution in [0.15, 0.2) is 72.9 Å². The predicted octanol–water partition coefficient (Wildman–Crippen LogP) is 7.48. The number of fused-ring (bicyclic) bond motifs is 3. The monoisotopic (exact) mass is 618 g/mol. The third-order valence-electron chi connectivity index (χ3n) is 8.37. The van der Waals surface area contributed by atoms with Crippen LogP contribution >= 0.6 is 24.0 Å². The molecule has 224 valence electrons. The number of aromatic nitrogens is 1. The first-order chi connectivity index (χ1) is 19.8. The average molecular weight is 620 g/mol. The van der Waals surface area contributed by atoms with Crippen LogP contribution in [0.4, 0.5) is 13.2 Å². The van der Waals surface area contributed by atoms with Crippen LogP contribution in [-0.4, -0.2) is 52.4 Å². The summed E-state index contributed by atoms with van der Waals surface area (Å²) in [4.78, 5) is 5.18. The molecule has 0 radical (unpaired) electrons. The molecule has 0 spiro atoms. The van der Waals surface area contributed by atoms with Gasteiger partial charge in [0.1, 0.15) is 5.75 Å². The molecule has 2 bridgehead atoms. The molecule has 2 aliphatic heterocycles. The van der Waals surface area contributed by atoms with Crippen LogP contribution in [0.2, 0.25) is 5.02 Å². The average Bonchev–Trinajstić information content (AvgIpc) is 3.40. The van der Waals surface area contributed by atoms with Crippen LogP contribution in [0.5, 0.6) is 5.75 Å². The Bertz CT molecular complexity index is 1490. The highest BCUT2D eigenvalue weighted by Crippen LogP contribution is 2.36. The number of ether oxygens (including phenoxy) is 1. The molecule has 3 heterocycles. The summed E-state index contributed by atoms with van der Waals surface area (Å²) in [5.74, 6) is -0.225. The Morgan fingerprint density at radius 2 is 1.64 bits per heavy atom.